The third kappa shape index (κ3) is 2.53. The molecule has 1 heterocycles. The lowest BCUT2D eigenvalue weighted by Crippen LogP contribution is -2.53. The standard InChI is InChI=1S/C25H28N2Si/c1-4-18-17-19-11-5-6-12-20(19)25(18)28(2,3)27-23-15-9-7-13-21(23)26-22-14-8-10-16-24(22)27/h4-16,18-20,25-26H,1,17H2,2-3H3/t18-,19+,20+,25?/m1/s1. The van der Waals surface area contributed by atoms with E-state index in [0.717, 1.165) is 0 Å². The van der Waals surface area contributed by atoms with Crippen molar-refractivity contribution >= 4 is 31.0 Å². The first kappa shape index (κ1) is 17.6. The van der Waals surface area contributed by atoms with Gasteiger partial charge in [-0.3, -0.25) is 0 Å². The Morgan fingerprint density at radius 1 is 0.964 bits per heavy atom. The van der Waals surface area contributed by atoms with E-state index in [1.165, 1.54) is 29.2 Å². The molecule has 3 heteroatoms. The summed E-state index contributed by atoms with van der Waals surface area (Å²) in [5, 5.41) is 3.65. The average molecular weight is 385 g/mol. The molecular weight excluding hydrogens is 356 g/mol. The average Bonchev–Trinajstić information content (AvgIpc) is 3.11. The van der Waals surface area contributed by atoms with Crippen molar-refractivity contribution in [1.82, 2.24) is 0 Å². The fourth-order valence-corrected chi connectivity index (χ4v) is 10.4. The van der Waals surface area contributed by atoms with E-state index in [4.69, 9.17) is 0 Å². The van der Waals surface area contributed by atoms with E-state index in [0.29, 0.717) is 23.3 Å². The molecule has 0 amide bonds. The van der Waals surface area contributed by atoms with Crippen molar-refractivity contribution in [3.8, 4) is 0 Å². The molecule has 1 saturated carbocycles. The summed E-state index contributed by atoms with van der Waals surface area (Å²) in [6.45, 7) is 9.36. The lowest BCUT2D eigenvalue weighted by atomic mass is 9.92. The van der Waals surface area contributed by atoms with E-state index in [9.17, 15) is 0 Å². The van der Waals surface area contributed by atoms with E-state index in [-0.39, 0.29) is 0 Å². The zero-order valence-electron chi connectivity index (χ0n) is 16.7. The summed E-state index contributed by atoms with van der Waals surface area (Å²) in [5.41, 5.74) is 5.70. The van der Waals surface area contributed by atoms with Gasteiger partial charge in [0.15, 0.2) is 8.24 Å². The van der Waals surface area contributed by atoms with E-state index in [1.54, 1.807) is 0 Å². The Morgan fingerprint density at radius 3 is 2.21 bits per heavy atom. The van der Waals surface area contributed by atoms with Crippen LogP contribution in [0.25, 0.3) is 0 Å². The van der Waals surface area contributed by atoms with Crippen LogP contribution in [0.4, 0.5) is 22.7 Å². The molecule has 2 aromatic carbocycles. The van der Waals surface area contributed by atoms with E-state index < -0.39 is 8.24 Å². The molecule has 1 unspecified atom stereocenters. The fraction of sp³-hybridized carbons (Fsp3) is 0.280. The summed E-state index contributed by atoms with van der Waals surface area (Å²) >= 11 is 0. The van der Waals surface area contributed by atoms with Crippen LogP contribution in [0.1, 0.15) is 6.42 Å². The third-order valence-corrected chi connectivity index (χ3v) is 11.1. The Balaban J connectivity index is 1.66. The molecule has 2 nitrogen and oxygen atoms in total. The van der Waals surface area contributed by atoms with Crippen molar-refractivity contribution in [2.24, 2.45) is 17.8 Å². The molecule has 2 aliphatic carbocycles. The van der Waals surface area contributed by atoms with Gasteiger partial charge in [-0.2, -0.15) is 0 Å². The summed E-state index contributed by atoms with van der Waals surface area (Å²) < 4.78 is 2.71. The number of allylic oxidation sites excluding steroid dienone is 5. The molecule has 28 heavy (non-hydrogen) atoms. The lowest BCUT2D eigenvalue weighted by molar-refractivity contribution is 0.543. The molecular formula is C25H28N2Si. The Kier molecular flexibility index (Phi) is 4.09. The number of nitrogens with one attached hydrogen (secondary N) is 1. The van der Waals surface area contributed by atoms with Crippen LogP contribution in [-0.4, -0.2) is 8.24 Å². The molecule has 2 aromatic rings. The number of benzene rings is 2. The number of nitrogens with zero attached hydrogens (tertiary/aromatic N) is 1. The van der Waals surface area contributed by atoms with E-state index >= 15 is 0 Å². The van der Waals surface area contributed by atoms with Crippen LogP contribution in [-0.2, 0) is 0 Å². The van der Waals surface area contributed by atoms with Gasteiger partial charge < -0.3 is 9.88 Å². The van der Waals surface area contributed by atoms with Gasteiger partial charge in [-0.05, 0) is 54.0 Å². The summed E-state index contributed by atoms with van der Waals surface area (Å²) in [6, 6.07) is 17.5. The number of para-hydroxylation sites is 4. The zero-order chi connectivity index (χ0) is 19.3. The predicted molar refractivity (Wildman–Crippen MR) is 123 cm³/mol. The van der Waals surface area contributed by atoms with Crippen LogP contribution >= 0.6 is 0 Å². The van der Waals surface area contributed by atoms with Gasteiger partial charge in [0.1, 0.15) is 0 Å². The van der Waals surface area contributed by atoms with Gasteiger partial charge in [0.2, 0.25) is 0 Å². The van der Waals surface area contributed by atoms with Gasteiger partial charge in [0.25, 0.3) is 0 Å². The molecule has 1 fully saturated rings. The van der Waals surface area contributed by atoms with Gasteiger partial charge in [-0.25, -0.2) is 0 Å². The predicted octanol–water partition coefficient (Wildman–Crippen LogP) is 7.02. The Hall–Kier alpha value is -2.52. The molecule has 0 spiro atoms. The normalized spacial score (nSPS) is 27.6. The molecule has 0 saturated heterocycles. The van der Waals surface area contributed by atoms with E-state index in [1.807, 2.05) is 0 Å². The van der Waals surface area contributed by atoms with Gasteiger partial charge in [0, 0.05) is 0 Å². The third-order valence-electron chi connectivity index (χ3n) is 6.97. The topological polar surface area (TPSA) is 15.3 Å². The van der Waals surface area contributed by atoms with Crippen LogP contribution in [0, 0.1) is 17.8 Å². The smallest absolute Gasteiger partial charge is 0.161 e. The van der Waals surface area contributed by atoms with Gasteiger partial charge in [0.05, 0.1) is 22.7 Å². The van der Waals surface area contributed by atoms with Crippen LogP contribution in [0.15, 0.2) is 85.5 Å². The molecule has 1 N–H and O–H groups in total. The maximum absolute atomic E-state index is 4.24. The first-order valence-electron chi connectivity index (χ1n) is 10.3. The minimum absolute atomic E-state index is 0.568. The second-order valence-electron chi connectivity index (χ2n) is 8.82. The van der Waals surface area contributed by atoms with Crippen molar-refractivity contribution < 1.29 is 0 Å². The molecule has 0 bridgehead atoms. The van der Waals surface area contributed by atoms with Crippen molar-refractivity contribution in [1.29, 1.82) is 0 Å². The fourth-order valence-electron chi connectivity index (χ4n) is 5.87. The second kappa shape index (κ2) is 6.52. The van der Waals surface area contributed by atoms with Crippen LogP contribution < -0.4 is 9.88 Å². The molecule has 0 radical (unpaired) electrons. The molecule has 4 atom stereocenters. The Bertz CT molecular complexity index is 929. The number of rotatable bonds is 3. The summed E-state index contributed by atoms with van der Waals surface area (Å²) in [5.74, 6) is 1.83. The second-order valence-corrected chi connectivity index (χ2v) is 13.2. The Labute approximate surface area is 169 Å². The van der Waals surface area contributed by atoms with Crippen molar-refractivity contribution in [2.75, 3.05) is 9.88 Å². The van der Waals surface area contributed by atoms with Crippen LogP contribution in [0.5, 0.6) is 0 Å². The van der Waals surface area contributed by atoms with Crippen molar-refractivity contribution in [3.63, 3.8) is 0 Å². The Morgan fingerprint density at radius 2 is 1.57 bits per heavy atom. The number of anilines is 4. The quantitative estimate of drug-likeness (QED) is 0.452. The first-order chi connectivity index (χ1) is 13.6. The number of hydrogen-bond acceptors (Lipinski definition) is 2. The maximum atomic E-state index is 4.24. The van der Waals surface area contributed by atoms with Gasteiger partial charge in [-0.15, -0.1) is 6.58 Å². The molecule has 0 aromatic heterocycles. The van der Waals surface area contributed by atoms with Gasteiger partial charge in [-0.1, -0.05) is 67.7 Å². The minimum atomic E-state index is -1.93. The summed E-state index contributed by atoms with van der Waals surface area (Å²) in [4.78, 5) is 0. The largest absolute Gasteiger partial charge is 0.366 e. The molecule has 3 aliphatic rings. The molecule has 142 valence electrons. The number of fused-ring (bicyclic) bond motifs is 3. The maximum Gasteiger partial charge on any atom is 0.161 e. The highest BCUT2D eigenvalue weighted by atomic mass is 28.3. The molecule has 1 aliphatic heterocycles. The van der Waals surface area contributed by atoms with Crippen LogP contribution in [0.3, 0.4) is 0 Å². The van der Waals surface area contributed by atoms with Crippen LogP contribution in [0.2, 0.25) is 18.6 Å². The molecule has 5 rings (SSSR count). The lowest BCUT2D eigenvalue weighted by Gasteiger charge is -2.49. The minimum Gasteiger partial charge on any atom is -0.366 e. The highest BCUT2D eigenvalue weighted by Gasteiger charge is 2.52. The summed E-state index contributed by atoms with van der Waals surface area (Å²) in [7, 11) is -1.93. The van der Waals surface area contributed by atoms with Crippen molar-refractivity contribution in [2.45, 2.75) is 25.1 Å². The van der Waals surface area contributed by atoms with E-state index in [2.05, 4.69) is 108 Å². The highest BCUT2D eigenvalue weighted by Crippen LogP contribution is 2.57. The van der Waals surface area contributed by atoms with Gasteiger partial charge >= 0.3 is 0 Å². The first-order valence-corrected chi connectivity index (χ1v) is 13.4. The van der Waals surface area contributed by atoms with Crippen molar-refractivity contribution in [3.05, 3.63) is 85.5 Å². The summed E-state index contributed by atoms with van der Waals surface area (Å²) in [6.07, 6.45) is 12.8. The zero-order valence-corrected chi connectivity index (χ0v) is 17.7. The number of hydrogen-bond donors (Lipinski definition) is 1. The highest BCUT2D eigenvalue weighted by molar-refractivity contribution is 6.84. The monoisotopic (exact) mass is 384 g/mol. The SMILES string of the molecule is C=C[C@@H]1C[C@@H]2C=CC=C[C@@H]2C1[Si](C)(C)N1c2ccccc2Nc2ccccc21.